The lowest BCUT2D eigenvalue weighted by Gasteiger charge is -2.47. The SMILES string of the molecule is CC12CCC3=C(CCc4cc(OSOOO)ccc43)C1(O)CCC2=O. The molecule has 0 saturated heterocycles. The van der Waals surface area contributed by atoms with Crippen LogP contribution in [0, 0.1) is 5.41 Å². The van der Waals surface area contributed by atoms with E-state index in [1.165, 1.54) is 5.57 Å². The predicted octanol–water partition coefficient (Wildman–Crippen LogP) is 3.64. The number of hydrogen-bond acceptors (Lipinski definition) is 7. The number of Topliss-reactive ketones (excluding diaryl/α,β-unsaturated/α-hetero) is 1. The molecule has 2 unspecified atom stereocenters. The van der Waals surface area contributed by atoms with Gasteiger partial charge in [-0.1, -0.05) is 15.4 Å². The average molecular weight is 364 g/mol. The lowest BCUT2D eigenvalue weighted by Crippen LogP contribution is -2.50. The lowest BCUT2D eigenvalue weighted by atomic mass is 9.60. The second-order valence-corrected chi connectivity index (χ2v) is 7.62. The highest BCUT2D eigenvalue weighted by Crippen LogP contribution is 2.58. The molecule has 25 heavy (non-hydrogen) atoms. The van der Waals surface area contributed by atoms with Crippen molar-refractivity contribution in [3.8, 4) is 5.75 Å². The van der Waals surface area contributed by atoms with E-state index in [-0.39, 0.29) is 5.78 Å². The highest BCUT2D eigenvalue weighted by atomic mass is 32.2. The molecule has 1 saturated carbocycles. The van der Waals surface area contributed by atoms with Gasteiger partial charge in [-0.3, -0.25) is 4.79 Å². The molecule has 2 atom stereocenters. The Balaban J connectivity index is 1.69. The highest BCUT2D eigenvalue weighted by molar-refractivity contribution is 7.90. The third kappa shape index (κ3) is 2.45. The van der Waals surface area contributed by atoms with Gasteiger partial charge in [0, 0.05) is 6.42 Å². The van der Waals surface area contributed by atoms with E-state index < -0.39 is 11.0 Å². The van der Waals surface area contributed by atoms with E-state index in [2.05, 4.69) is 9.37 Å². The number of aryl methyl sites for hydroxylation is 1. The van der Waals surface area contributed by atoms with Gasteiger partial charge in [0.2, 0.25) is 0 Å². The molecule has 1 aromatic carbocycles. The number of allylic oxidation sites excluding steroid dienone is 1. The zero-order valence-electron chi connectivity index (χ0n) is 13.9. The van der Waals surface area contributed by atoms with Crippen LogP contribution in [0.25, 0.3) is 5.57 Å². The summed E-state index contributed by atoms with van der Waals surface area (Å²) < 4.78 is 9.49. The Morgan fingerprint density at radius 3 is 2.80 bits per heavy atom. The van der Waals surface area contributed by atoms with Gasteiger partial charge in [0.1, 0.15) is 11.5 Å². The predicted molar refractivity (Wildman–Crippen MR) is 91.2 cm³/mol. The van der Waals surface area contributed by atoms with Gasteiger partial charge < -0.3 is 9.29 Å². The first kappa shape index (κ1) is 17.1. The van der Waals surface area contributed by atoms with Crippen molar-refractivity contribution < 1.29 is 28.7 Å². The van der Waals surface area contributed by atoms with Gasteiger partial charge in [0.15, 0.2) is 0 Å². The van der Waals surface area contributed by atoms with Gasteiger partial charge in [-0.15, -0.1) is 0 Å². The third-order valence-corrected chi connectivity index (χ3v) is 6.59. The summed E-state index contributed by atoms with van der Waals surface area (Å²) >= 11 is 0.530. The van der Waals surface area contributed by atoms with Gasteiger partial charge in [-0.25, -0.2) is 5.26 Å². The first-order valence-electron chi connectivity index (χ1n) is 8.42. The minimum absolute atomic E-state index is 0.194. The van der Waals surface area contributed by atoms with Crippen LogP contribution in [0.15, 0.2) is 23.8 Å². The van der Waals surface area contributed by atoms with Gasteiger partial charge in [0.25, 0.3) is 12.3 Å². The van der Waals surface area contributed by atoms with Crippen molar-refractivity contribution in [2.24, 2.45) is 5.41 Å². The Bertz CT molecular complexity index is 760. The average Bonchev–Trinajstić information content (AvgIpc) is 2.86. The van der Waals surface area contributed by atoms with Crippen LogP contribution in [0.2, 0.25) is 0 Å². The molecule has 0 heterocycles. The fourth-order valence-electron chi connectivity index (χ4n) is 4.79. The fourth-order valence-corrected chi connectivity index (χ4v) is 5.02. The molecule has 4 rings (SSSR count). The molecule has 1 aromatic rings. The Hall–Kier alpha value is -1.38. The van der Waals surface area contributed by atoms with Crippen LogP contribution in [-0.4, -0.2) is 21.7 Å². The number of aliphatic hydroxyl groups is 1. The van der Waals surface area contributed by atoms with E-state index >= 15 is 0 Å². The molecule has 1 fully saturated rings. The Morgan fingerprint density at radius 1 is 1.16 bits per heavy atom. The first-order valence-corrected chi connectivity index (χ1v) is 9.09. The quantitative estimate of drug-likeness (QED) is 0.365. The molecule has 0 aromatic heterocycles. The Labute approximate surface area is 150 Å². The Kier molecular flexibility index (Phi) is 4.16. The maximum atomic E-state index is 12.4. The van der Waals surface area contributed by atoms with E-state index in [1.807, 2.05) is 25.1 Å². The minimum Gasteiger partial charge on any atom is -0.399 e. The van der Waals surface area contributed by atoms with Crippen molar-refractivity contribution in [1.82, 2.24) is 0 Å². The zero-order chi connectivity index (χ0) is 17.7. The molecule has 0 radical (unpaired) electrons. The molecule has 0 aliphatic heterocycles. The van der Waals surface area contributed by atoms with Crippen LogP contribution in [0.4, 0.5) is 0 Å². The van der Waals surface area contributed by atoms with Crippen LogP contribution in [0.5, 0.6) is 5.75 Å². The smallest absolute Gasteiger partial charge is 0.261 e. The van der Waals surface area contributed by atoms with Crippen molar-refractivity contribution in [2.75, 3.05) is 0 Å². The summed E-state index contributed by atoms with van der Waals surface area (Å²) in [4.78, 5) is 12.4. The highest BCUT2D eigenvalue weighted by Gasteiger charge is 2.60. The summed E-state index contributed by atoms with van der Waals surface area (Å²) in [6.45, 7) is 1.93. The van der Waals surface area contributed by atoms with Gasteiger partial charge in [-0.05, 0) is 73.4 Å². The molecular formula is C18H20O6S. The maximum Gasteiger partial charge on any atom is 0.261 e. The lowest BCUT2D eigenvalue weighted by molar-refractivity contribution is -0.433. The number of rotatable bonds is 4. The van der Waals surface area contributed by atoms with Crippen molar-refractivity contribution in [3.05, 3.63) is 34.9 Å². The molecule has 0 spiro atoms. The van der Waals surface area contributed by atoms with E-state index in [0.29, 0.717) is 37.3 Å². The van der Waals surface area contributed by atoms with E-state index in [1.54, 1.807) is 0 Å². The van der Waals surface area contributed by atoms with E-state index in [0.717, 1.165) is 36.0 Å². The van der Waals surface area contributed by atoms with Crippen molar-refractivity contribution >= 4 is 23.7 Å². The van der Waals surface area contributed by atoms with Gasteiger partial charge >= 0.3 is 0 Å². The number of hydrogen-bond donors (Lipinski definition) is 2. The summed E-state index contributed by atoms with van der Waals surface area (Å²) in [5.41, 5.74) is 2.90. The van der Waals surface area contributed by atoms with Gasteiger partial charge in [0.05, 0.1) is 11.0 Å². The maximum absolute atomic E-state index is 12.4. The number of benzene rings is 1. The zero-order valence-corrected chi connectivity index (χ0v) is 14.7. The van der Waals surface area contributed by atoms with Crippen LogP contribution >= 0.6 is 12.3 Å². The summed E-state index contributed by atoms with van der Waals surface area (Å²) in [5, 5.41) is 23.0. The monoisotopic (exact) mass is 364 g/mol. The topological polar surface area (TPSA) is 85.2 Å². The summed E-state index contributed by atoms with van der Waals surface area (Å²) in [6.07, 6.45) is 4.05. The second kappa shape index (κ2) is 6.10. The number of ketones is 1. The molecule has 3 aliphatic rings. The fraction of sp³-hybridized carbons (Fsp3) is 0.500. The first-order chi connectivity index (χ1) is 12.0. The van der Waals surface area contributed by atoms with E-state index in [9.17, 15) is 9.90 Å². The molecule has 6 nitrogen and oxygen atoms in total. The summed E-state index contributed by atoms with van der Waals surface area (Å²) in [6, 6.07) is 5.74. The molecule has 0 amide bonds. The minimum atomic E-state index is -0.993. The van der Waals surface area contributed by atoms with Crippen LogP contribution in [0.3, 0.4) is 0 Å². The normalized spacial score (nSPS) is 30.8. The molecule has 7 heteroatoms. The largest absolute Gasteiger partial charge is 0.399 e. The van der Waals surface area contributed by atoms with Crippen molar-refractivity contribution in [1.29, 1.82) is 0 Å². The third-order valence-electron chi connectivity index (χ3n) is 6.22. The van der Waals surface area contributed by atoms with Crippen LogP contribution in [-0.2, 0) is 20.6 Å². The molecule has 2 N–H and O–H groups in total. The number of fused-ring (bicyclic) bond motifs is 4. The van der Waals surface area contributed by atoms with Crippen LogP contribution in [0.1, 0.15) is 50.2 Å². The summed E-state index contributed by atoms with van der Waals surface area (Å²) in [5.74, 6) is 0.791. The summed E-state index contributed by atoms with van der Waals surface area (Å²) in [7, 11) is 0. The number of carbonyl (C=O) groups is 1. The van der Waals surface area contributed by atoms with E-state index in [4.69, 9.17) is 9.44 Å². The van der Waals surface area contributed by atoms with Crippen molar-refractivity contribution in [2.45, 2.75) is 51.0 Å². The second-order valence-electron chi connectivity index (χ2n) is 7.19. The van der Waals surface area contributed by atoms with Crippen molar-refractivity contribution in [3.63, 3.8) is 0 Å². The standard InChI is InChI=1S/C18H20O6S/c1-17-8-6-14-13-4-3-12(22-25-24-23-21)10-11(13)2-5-15(14)18(17,20)9-7-16(17)19/h3-4,10,20-21H,2,5-9H2,1H3. The molecule has 134 valence electrons. The molecule has 0 bridgehead atoms. The number of carbonyl (C=O) groups excluding carboxylic acids is 1. The molecular weight excluding hydrogens is 344 g/mol. The molecule has 3 aliphatic carbocycles. The van der Waals surface area contributed by atoms with Gasteiger partial charge in [-0.2, -0.15) is 0 Å². The van der Waals surface area contributed by atoms with Crippen LogP contribution < -0.4 is 4.18 Å². The Morgan fingerprint density at radius 2 is 2.00 bits per heavy atom.